The lowest BCUT2D eigenvalue weighted by Crippen LogP contribution is -2.10. The van der Waals surface area contributed by atoms with Crippen molar-refractivity contribution < 1.29 is 14.3 Å². The molecule has 1 aromatic heterocycles. The van der Waals surface area contributed by atoms with Gasteiger partial charge < -0.3 is 5.11 Å². The average molecular weight is 186 g/mol. The Labute approximate surface area is 75.0 Å². The molecule has 0 saturated heterocycles. The molecule has 0 radical (unpaired) electrons. The Balaban J connectivity index is 3.17. The zero-order valence-corrected chi connectivity index (χ0v) is 7.71. The van der Waals surface area contributed by atoms with Crippen LogP contribution in [0, 0.1) is 0 Å². The molecule has 0 fully saturated rings. The van der Waals surface area contributed by atoms with E-state index in [1.807, 2.05) is 0 Å². The summed E-state index contributed by atoms with van der Waals surface area (Å²) in [5.41, 5.74) is -1.49. The molecule has 1 aromatic rings. The highest BCUT2D eigenvalue weighted by Gasteiger charge is 2.24. The van der Waals surface area contributed by atoms with Gasteiger partial charge in [-0.05, 0) is 19.9 Å². The van der Waals surface area contributed by atoms with Gasteiger partial charge in [0.15, 0.2) is 0 Å². The van der Waals surface area contributed by atoms with E-state index in [1.165, 1.54) is 27.0 Å². The number of hydrogen-bond donors (Lipinski definition) is 1. The summed E-state index contributed by atoms with van der Waals surface area (Å²) in [5, 5.41) is 12.4. The summed E-state index contributed by atoms with van der Waals surface area (Å²) in [6.07, 6.45) is 0. The van der Waals surface area contributed by atoms with Crippen LogP contribution in [0.25, 0.3) is 0 Å². The minimum Gasteiger partial charge on any atom is -0.477 e. The number of carboxylic acid groups (broad SMARTS) is 1. The van der Waals surface area contributed by atoms with Crippen molar-refractivity contribution in [2.45, 2.75) is 19.5 Å². The van der Waals surface area contributed by atoms with Crippen LogP contribution in [0.15, 0.2) is 6.07 Å². The molecule has 0 aliphatic rings. The van der Waals surface area contributed by atoms with Crippen molar-refractivity contribution in [3.63, 3.8) is 0 Å². The van der Waals surface area contributed by atoms with Gasteiger partial charge in [0.2, 0.25) is 0 Å². The van der Waals surface area contributed by atoms with Crippen LogP contribution >= 0.6 is 0 Å². The number of nitrogens with zero attached hydrogens (tertiary/aromatic N) is 2. The van der Waals surface area contributed by atoms with Crippen LogP contribution in [0.4, 0.5) is 4.39 Å². The number of hydrogen-bond acceptors (Lipinski definition) is 2. The SMILES string of the molecule is Cn1nc(C(C)(C)F)cc1C(=O)O. The third-order valence-electron chi connectivity index (χ3n) is 1.71. The molecule has 0 unspecified atom stereocenters. The number of aromatic carboxylic acids is 1. The van der Waals surface area contributed by atoms with E-state index in [4.69, 9.17) is 5.11 Å². The molecule has 1 rings (SSSR count). The van der Waals surface area contributed by atoms with E-state index in [-0.39, 0.29) is 11.4 Å². The molecule has 72 valence electrons. The smallest absolute Gasteiger partial charge is 0.354 e. The maximum Gasteiger partial charge on any atom is 0.354 e. The predicted octanol–water partition coefficient (Wildman–Crippen LogP) is 1.32. The highest BCUT2D eigenvalue weighted by Crippen LogP contribution is 2.23. The second-order valence-electron chi connectivity index (χ2n) is 3.32. The first-order valence-electron chi connectivity index (χ1n) is 3.79. The summed E-state index contributed by atoms with van der Waals surface area (Å²) in [7, 11) is 1.47. The van der Waals surface area contributed by atoms with Crippen molar-refractivity contribution in [3.05, 3.63) is 17.5 Å². The molecular formula is C8H11FN2O2. The van der Waals surface area contributed by atoms with E-state index in [0.717, 1.165) is 4.68 Å². The summed E-state index contributed by atoms with van der Waals surface area (Å²) >= 11 is 0. The molecule has 5 heteroatoms. The number of alkyl halides is 1. The fourth-order valence-corrected chi connectivity index (χ4v) is 0.958. The topological polar surface area (TPSA) is 55.1 Å². The van der Waals surface area contributed by atoms with Gasteiger partial charge in [0.05, 0.1) is 5.69 Å². The summed E-state index contributed by atoms with van der Waals surface area (Å²) < 4.78 is 14.5. The van der Waals surface area contributed by atoms with Crippen molar-refractivity contribution in [1.29, 1.82) is 0 Å². The minimum absolute atomic E-state index is 0.0132. The van der Waals surface area contributed by atoms with Crippen LogP contribution in [0.5, 0.6) is 0 Å². The maximum absolute atomic E-state index is 13.3. The van der Waals surface area contributed by atoms with E-state index in [9.17, 15) is 9.18 Å². The third kappa shape index (κ3) is 1.85. The average Bonchev–Trinajstić information content (AvgIpc) is 2.29. The largest absolute Gasteiger partial charge is 0.477 e. The molecule has 4 nitrogen and oxygen atoms in total. The van der Waals surface area contributed by atoms with Crippen LogP contribution in [0.3, 0.4) is 0 Å². The molecule has 0 atom stereocenters. The van der Waals surface area contributed by atoms with Crippen molar-refractivity contribution in [3.8, 4) is 0 Å². The minimum atomic E-state index is -1.61. The molecule has 0 spiro atoms. The molecule has 1 N–H and O–H groups in total. The molecule has 0 bridgehead atoms. The van der Waals surface area contributed by atoms with E-state index in [1.54, 1.807) is 0 Å². The maximum atomic E-state index is 13.3. The van der Waals surface area contributed by atoms with Gasteiger partial charge in [-0.3, -0.25) is 4.68 Å². The van der Waals surface area contributed by atoms with Crippen molar-refractivity contribution >= 4 is 5.97 Å². The van der Waals surface area contributed by atoms with Crippen LogP contribution in [0.1, 0.15) is 30.0 Å². The van der Waals surface area contributed by atoms with Crippen molar-refractivity contribution in [2.24, 2.45) is 7.05 Å². The second-order valence-corrected chi connectivity index (χ2v) is 3.32. The summed E-state index contributed by atoms with van der Waals surface area (Å²) in [6.45, 7) is 2.67. The van der Waals surface area contributed by atoms with Gasteiger partial charge in [0, 0.05) is 7.05 Å². The lowest BCUT2D eigenvalue weighted by atomic mass is 10.1. The fraction of sp³-hybridized carbons (Fsp3) is 0.500. The standard InChI is InChI=1S/C8H11FN2O2/c1-8(2,9)6-4-5(7(12)13)11(3)10-6/h4H,1-3H3,(H,12,13). The number of carbonyl (C=O) groups is 1. The van der Waals surface area contributed by atoms with Crippen molar-refractivity contribution in [2.75, 3.05) is 0 Å². The van der Waals surface area contributed by atoms with Crippen LogP contribution in [0.2, 0.25) is 0 Å². The molecule has 0 aliphatic carbocycles. The van der Waals surface area contributed by atoms with Gasteiger partial charge in [-0.15, -0.1) is 0 Å². The number of aryl methyl sites for hydroxylation is 1. The third-order valence-corrected chi connectivity index (χ3v) is 1.71. The van der Waals surface area contributed by atoms with E-state index < -0.39 is 11.6 Å². The predicted molar refractivity (Wildman–Crippen MR) is 44.3 cm³/mol. The normalized spacial score (nSPS) is 11.7. The Morgan fingerprint density at radius 1 is 1.69 bits per heavy atom. The molecule has 0 aliphatic heterocycles. The Hall–Kier alpha value is -1.39. The number of carboxylic acids is 1. The highest BCUT2D eigenvalue weighted by atomic mass is 19.1. The number of rotatable bonds is 2. The lowest BCUT2D eigenvalue weighted by Gasteiger charge is -2.08. The van der Waals surface area contributed by atoms with E-state index in [2.05, 4.69) is 5.10 Å². The molecule has 0 amide bonds. The Morgan fingerprint density at radius 2 is 2.23 bits per heavy atom. The first-order valence-corrected chi connectivity index (χ1v) is 3.79. The molecule has 0 aromatic carbocycles. The number of aromatic nitrogens is 2. The molecule has 1 heterocycles. The monoisotopic (exact) mass is 186 g/mol. The van der Waals surface area contributed by atoms with Gasteiger partial charge in [0.25, 0.3) is 0 Å². The van der Waals surface area contributed by atoms with Gasteiger partial charge in [0.1, 0.15) is 11.4 Å². The van der Waals surface area contributed by atoms with E-state index >= 15 is 0 Å². The lowest BCUT2D eigenvalue weighted by molar-refractivity contribution is 0.0685. The Bertz CT molecular complexity index is 338. The zero-order chi connectivity index (χ0) is 10.2. The fourth-order valence-electron chi connectivity index (χ4n) is 0.958. The van der Waals surface area contributed by atoms with Crippen LogP contribution < -0.4 is 0 Å². The van der Waals surface area contributed by atoms with Crippen molar-refractivity contribution in [1.82, 2.24) is 9.78 Å². The van der Waals surface area contributed by atoms with Gasteiger partial charge >= 0.3 is 5.97 Å². The zero-order valence-electron chi connectivity index (χ0n) is 7.71. The number of halogens is 1. The van der Waals surface area contributed by atoms with Crippen LogP contribution in [-0.4, -0.2) is 20.9 Å². The molecular weight excluding hydrogens is 175 g/mol. The second kappa shape index (κ2) is 2.83. The quantitative estimate of drug-likeness (QED) is 0.757. The van der Waals surface area contributed by atoms with E-state index in [0.29, 0.717) is 0 Å². The van der Waals surface area contributed by atoms with Gasteiger partial charge in [-0.1, -0.05) is 0 Å². The molecule has 0 saturated carbocycles. The highest BCUT2D eigenvalue weighted by molar-refractivity contribution is 5.85. The summed E-state index contributed by atoms with van der Waals surface area (Å²) in [4.78, 5) is 10.6. The summed E-state index contributed by atoms with van der Waals surface area (Å²) in [6, 6.07) is 1.24. The Kier molecular flexibility index (Phi) is 2.11. The van der Waals surface area contributed by atoms with Crippen LogP contribution in [-0.2, 0) is 12.7 Å². The first kappa shape index (κ1) is 9.70. The van der Waals surface area contributed by atoms with Gasteiger partial charge in [-0.25, -0.2) is 9.18 Å². The summed E-state index contributed by atoms with van der Waals surface area (Å²) in [5.74, 6) is -1.11. The Morgan fingerprint density at radius 3 is 2.46 bits per heavy atom. The van der Waals surface area contributed by atoms with Gasteiger partial charge in [-0.2, -0.15) is 5.10 Å². The first-order chi connectivity index (χ1) is 5.82. The molecule has 13 heavy (non-hydrogen) atoms.